The average Bonchev–Trinajstić information content (AvgIpc) is 2.14. The maximum absolute atomic E-state index is 3.75. The highest BCUT2D eigenvalue weighted by Crippen LogP contribution is 2.22. The summed E-state index contributed by atoms with van der Waals surface area (Å²) in [5, 5.41) is 8.36. The molecule has 1 rings (SSSR count). The Kier molecular flexibility index (Phi) is 1.46. The zero-order valence-electron chi connectivity index (χ0n) is 3.96. The van der Waals surface area contributed by atoms with Crippen molar-refractivity contribution in [2.75, 3.05) is 6.26 Å². The zero-order valence-corrected chi connectivity index (χ0v) is 4.77. The second kappa shape index (κ2) is 2.12. The second-order valence-corrected chi connectivity index (χ2v) is 1.90. The SMILES string of the molecule is CS[C]1C=CN=N1. The van der Waals surface area contributed by atoms with Gasteiger partial charge in [-0.05, 0) is 12.3 Å². The summed E-state index contributed by atoms with van der Waals surface area (Å²) in [6.07, 6.45) is 5.54. The molecule has 0 aromatic rings. The topological polar surface area (TPSA) is 24.7 Å². The third-order valence-electron chi connectivity index (χ3n) is 0.649. The van der Waals surface area contributed by atoms with Crippen LogP contribution < -0.4 is 0 Å². The summed E-state index contributed by atoms with van der Waals surface area (Å²) in [7, 11) is 0. The van der Waals surface area contributed by atoms with Gasteiger partial charge < -0.3 is 0 Å². The molecule has 0 atom stereocenters. The molecule has 1 heterocycles. The molecule has 0 spiro atoms. The standard InChI is InChI=1S/C4H5N2S/c1-7-4-2-3-5-6-4/h2-3H,1H3. The number of nitrogens with zero attached hydrogens (tertiary/aromatic N) is 2. The number of hydrogen-bond donors (Lipinski definition) is 0. The van der Waals surface area contributed by atoms with Gasteiger partial charge in [0.15, 0.2) is 5.37 Å². The van der Waals surface area contributed by atoms with Gasteiger partial charge in [-0.3, -0.25) is 0 Å². The van der Waals surface area contributed by atoms with Gasteiger partial charge in [-0.2, -0.15) is 10.2 Å². The van der Waals surface area contributed by atoms with Crippen molar-refractivity contribution in [3.63, 3.8) is 0 Å². The first-order valence-corrected chi connectivity index (χ1v) is 3.14. The fourth-order valence-electron chi connectivity index (χ4n) is 0.330. The van der Waals surface area contributed by atoms with Crippen molar-refractivity contribution in [1.29, 1.82) is 0 Å². The van der Waals surface area contributed by atoms with Crippen LogP contribution in [0.2, 0.25) is 0 Å². The van der Waals surface area contributed by atoms with Crippen molar-refractivity contribution in [3.05, 3.63) is 17.6 Å². The molecule has 1 aliphatic rings. The predicted octanol–water partition coefficient (Wildman–Crippen LogP) is 1.82. The van der Waals surface area contributed by atoms with E-state index in [9.17, 15) is 0 Å². The van der Waals surface area contributed by atoms with Crippen LogP contribution >= 0.6 is 11.8 Å². The lowest BCUT2D eigenvalue weighted by Gasteiger charge is -1.88. The van der Waals surface area contributed by atoms with E-state index in [4.69, 9.17) is 0 Å². The van der Waals surface area contributed by atoms with Crippen LogP contribution in [-0.2, 0) is 0 Å². The molecular weight excluding hydrogens is 108 g/mol. The Hall–Kier alpha value is -0.310. The molecule has 0 saturated carbocycles. The van der Waals surface area contributed by atoms with Crippen molar-refractivity contribution in [1.82, 2.24) is 0 Å². The quantitative estimate of drug-likeness (QED) is 0.509. The molecule has 7 heavy (non-hydrogen) atoms. The Balaban J connectivity index is 2.44. The third-order valence-corrected chi connectivity index (χ3v) is 1.29. The third kappa shape index (κ3) is 1.03. The van der Waals surface area contributed by atoms with E-state index in [1.807, 2.05) is 12.3 Å². The molecule has 37 valence electrons. The number of rotatable bonds is 1. The van der Waals surface area contributed by atoms with Gasteiger partial charge in [0.2, 0.25) is 0 Å². The summed E-state index contributed by atoms with van der Waals surface area (Å²) in [6.45, 7) is 0. The molecule has 2 nitrogen and oxygen atoms in total. The molecule has 0 saturated heterocycles. The van der Waals surface area contributed by atoms with Crippen LogP contribution in [0.1, 0.15) is 0 Å². The summed E-state index contributed by atoms with van der Waals surface area (Å²) in [6, 6.07) is 0. The van der Waals surface area contributed by atoms with Crippen molar-refractivity contribution < 1.29 is 0 Å². The van der Waals surface area contributed by atoms with Gasteiger partial charge in [0.25, 0.3) is 0 Å². The van der Waals surface area contributed by atoms with Gasteiger partial charge in [-0.1, -0.05) is 0 Å². The van der Waals surface area contributed by atoms with Crippen LogP contribution in [0.5, 0.6) is 0 Å². The highest BCUT2D eigenvalue weighted by Gasteiger charge is 2.02. The highest BCUT2D eigenvalue weighted by atomic mass is 32.2. The Morgan fingerprint density at radius 3 is 2.86 bits per heavy atom. The lowest BCUT2D eigenvalue weighted by Crippen LogP contribution is -1.70. The molecule has 3 heteroatoms. The lowest BCUT2D eigenvalue weighted by atomic mass is 10.6. The van der Waals surface area contributed by atoms with Gasteiger partial charge in [0.1, 0.15) is 0 Å². The van der Waals surface area contributed by atoms with Crippen LogP contribution in [0, 0.1) is 5.37 Å². The molecule has 0 N–H and O–H groups in total. The summed E-state index contributed by atoms with van der Waals surface area (Å²) in [5.74, 6) is 0. The normalized spacial score (nSPS) is 19.0. The van der Waals surface area contributed by atoms with Crippen LogP contribution in [-0.4, -0.2) is 6.26 Å². The summed E-state index contributed by atoms with van der Waals surface area (Å²) >= 11 is 1.60. The summed E-state index contributed by atoms with van der Waals surface area (Å²) in [5.41, 5.74) is 0. The first-order valence-electron chi connectivity index (χ1n) is 1.92. The molecule has 0 bridgehead atoms. The molecule has 0 aromatic carbocycles. The second-order valence-electron chi connectivity index (χ2n) is 1.07. The molecule has 0 fully saturated rings. The van der Waals surface area contributed by atoms with Crippen molar-refractivity contribution in [3.8, 4) is 0 Å². The molecule has 1 radical (unpaired) electrons. The maximum Gasteiger partial charge on any atom is 0.187 e. The van der Waals surface area contributed by atoms with Crippen molar-refractivity contribution in [2.45, 2.75) is 0 Å². The van der Waals surface area contributed by atoms with Crippen molar-refractivity contribution in [2.24, 2.45) is 10.2 Å². The summed E-state index contributed by atoms with van der Waals surface area (Å²) < 4.78 is 0. The van der Waals surface area contributed by atoms with Gasteiger partial charge in [0, 0.05) is 6.20 Å². The average molecular weight is 113 g/mol. The van der Waals surface area contributed by atoms with Gasteiger partial charge in [-0.15, -0.1) is 11.8 Å². The van der Waals surface area contributed by atoms with E-state index in [1.165, 1.54) is 0 Å². The van der Waals surface area contributed by atoms with E-state index < -0.39 is 0 Å². The molecule has 0 amide bonds. The minimum atomic E-state index is 0.986. The minimum absolute atomic E-state index is 0.986. The Morgan fingerprint density at radius 1 is 1.71 bits per heavy atom. The zero-order chi connectivity index (χ0) is 5.11. The molecule has 0 aromatic heterocycles. The summed E-state index contributed by atoms with van der Waals surface area (Å²) in [4.78, 5) is 0. The van der Waals surface area contributed by atoms with Gasteiger partial charge >= 0.3 is 0 Å². The van der Waals surface area contributed by atoms with Crippen molar-refractivity contribution >= 4 is 11.8 Å². The van der Waals surface area contributed by atoms with Gasteiger partial charge in [0.05, 0.1) is 0 Å². The van der Waals surface area contributed by atoms with E-state index in [-0.39, 0.29) is 0 Å². The smallest absolute Gasteiger partial charge is 0.163 e. The van der Waals surface area contributed by atoms with Crippen LogP contribution in [0.3, 0.4) is 0 Å². The van der Waals surface area contributed by atoms with E-state index in [1.54, 1.807) is 18.0 Å². The fraction of sp³-hybridized carbons (Fsp3) is 0.250. The van der Waals surface area contributed by atoms with Crippen LogP contribution in [0.4, 0.5) is 0 Å². The van der Waals surface area contributed by atoms with Gasteiger partial charge in [-0.25, -0.2) is 0 Å². The molecule has 0 aliphatic carbocycles. The highest BCUT2D eigenvalue weighted by molar-refractivity contribution is 8.01. The van der Waals surface area contributed by atoms with E-state index in [0.717, 1.165) is 5.37 Å². The predicted molar refractivity (Wildman–Crippen MR) is 30.8 cm³/mol. The first kappa shape index (κ1) is 4.84. The largest absolute Gasteiger partial charge is 0.187 e. The fourth-order valence-corrected chi connectivity index (χ4v) is 0.655. The number of thioether (sulfide) groups is 1. The minimum Gasteiger partial charge on any atom is -0.163 e. The number of hydrogen-bond acceptors (Lipinski definition) is 3. The molecule has 0 unspecified atom stereocenters. The number of azo groups is 1. The van der Waals surface area contributed by atoms with Crippen LogP contribution in [0.15, 0.2) is 22.5 Å². The molecule has 1 aliphatic heterocycles. The van der Waals surface area contributed by atoms with E-state index >= 15 is 0 Å². The Labute approximate surface area is 46.7 Å². The first-order chi connectivity index (χ1) is 3.43. The lowest BCUT2D eigenvalue weighted by molar-refractivity contribution is 1.21. The maximum atomic E-state index is 3.75. The van der Waals surface area contributed by atoms with Crippen LogP contribution in [0.25, 0.3) is 0 Å². The monoisotopic (exact) mass is 113 g/mol. The Bertz CT molecular complexity index is 96.3. The Morgan fingerprint density at radius 2 is 2.57 bits per heavy atom. The van der Waals surface area contributed by atoms with E-state index in [2.05, 4.69) is 10.2 Å². The van der Waals surface area contributed by atoms with E-state index in [0.29, 0.717) is 0 Å². The molecular formula is C4H5N2S.